The molecule has 1 N–H and O–H groups in total. The summed E-state index contributed by atoms with van der Waals surface area (Å²) in [6, 6.07) is 0. The molecule has 1 atom stereocenters. The van der Waals surface area contributed by atoms with Crippen LogP contribution in [0.25, 0.3) is 0 Å². The largest absolute Gasteiger partial charge is 0.475 e. The van der Waals surface area contributed by atoms with Crippen molar-refractivity contribution in [3.63, 3.8) is 0 Å². The summed E-state index contributed by atoms with van der Waals surface area (Å²) in [6.07, 6.45) is 0. The highest BCUT2D eigenvalue weighted by atomic mass is 31.2. The summed E-state index contributed by atoms with van der Waals surface area (Å²) in [5.41, 5.74) is 0. The number of aliphatic hydroxyl groups is 1. The van der Waals surface area contributed by atoms with Crippen molar-refractivity contribution in [2.75, 3.05) is 54.1 Å². The van der Waals surface area contributed by atoms with Crippen LogP contribution in [0.1, 0.15) is 6.92 Å². The molecule has 0 fully saturated rings. The summed E-state index contributed by atoms with van der Waals surface area (Å²) in [6.45, 7) is 2.66. The minimum absolute atomic E-state index is 0.0539. The number of quaternary nitrogens is 1. The van der Waals surface area contributed by atoms with Crippen LogP contribution in [-0.4, -0.2) is 63.7 Å². The van der Waals surface area contributed by atoms with Gasteiger partial charge < -0.3 is 9.59 Å². The molecular weight excluding hydrogens is 233 g/mol. The Kier molecular flexibility index (Phi) is 7.39. The van der Waals surface area contributed by atoms with E-state index in [1.165, 1.54) is 0 Å². The topological polar surface area (TPSA) is 65.0 Å². The van der Waals surface area contributed by atoms with E-state index in [4.69, 9.17) is 18.7 Å². The molecule has 0 radical (unpaired) electrons. The fourth-order valence-electron chi connectivity index (χ4n) is 0.849. The zero-order valence-electron chi connectivity index (χ0n) is 10.5. The van der Waals surface area contributed by atoms with Gasteiger partial charge in [-0.3, -0.25) is 13.6 Å². The van der Waals surface area contributed by atoms with Gasteiger partial charge in [0.2, 0.25) is 0 Å². The Labute approximate surface area is 97.3 Å². The number of hydrogen-bond donors (Lipinski definition) is 1. The fourth-order valence-corrected chi connectivity index (χ4v) is 2.00. The summed E-state index contributed by atoms with van der Waals surface area (Å²) < 4.78 is 27.5. The van der Waals surface area contributed by atoms with Crippen molar-refractivity contribution in [3.8, 4) is 0 Å². The number of aliphatic hydroxyl groups excluding tert-OH is 1. The Balaban J connectivity index is 4.07. The van der Waals surface area contributed by atoms with Crippen molar-refractivity contribution < 1.29 is 27.7 Å². The normalized spacial score (nSPS) is 16.1. The van der Waals surface area contributed by atoms with Crippen LogP contribution in [0.5, 0.6) is 0 Å². The molecule has 0 spiro atoms. The molecule has 0 aromatic carbocycles. The molecular formula is C9H23NO5P+. The Morgan fingerprint density at radius 2 is 1.69 bits per heavy atom. The van der Waals surface area contributed by atoms with Gasteiger partial charge in [-0.25, -0.2) is 4.57 Å². The number of rotatable bonds is 9. The van der Waals surface area contributed by atoms with Crippen LogP contribution in [-0.2, 0) is 18.1 Å². The maximum Gasteiger partial charge on any atom is 0.475 e. The Morgan fingerprint density at radius 3 is 2.12 bits per heavy atom. The van der Waals surface area contributed by atoms with E-state index in [0.29, 0.717) is 11.0 Å². The summed E-state index contributed by atoms with van der Waals surface area (Å²) in [7, 11) is 2.52. The molecule has 0 bridgehead atoms. The SMILES string of the molecule is CCOP(=O)(OCCO)OCC[N+](C)(C)C. The molecule has 0 aliphatic heterocycles. The third kappa shape index (κ3) is 8.21. The zero-order valence-corrected chi connectivity index (χ0v) is 11.4. The highest BCUT2D eigenvalue weighted by Gasteiger charge is 2.26. The van der Waals surface area contributed by atoms with E-state index >= 15 is 0 Å². The second kappa shape index (κ2) is 7.37. The van der Waals surface area contributed by atoms with Gasteiger partial charge in [0, 0.05) is 0 Å². The second-order valence-corrected chi connectivity index (χ2v) is 5.94. The molecule has 0 aromatic rings. The molecule has 0 rings (SSSR count). The first-order valence-electron chi connectivity index (χ1n) is 5.28. The lowest BCUT2D eigenvalue weighted by atomic mass is 10.5. The van der Waals surface area contributed by atoms with Crippen LogP contribution in [0.15, 0.2) is 0 Å². The van der Waals surface area contributed by atoms with Gasteiger partial charge in [-0.15, -0.1) is 0 Å². The van der Waals surface area contributed by atoms with Crippen molar-refractivity contribution in [3.05, 3.63) is 0 Å². The number of likely N-dealkylation sites (N-methyl/N-ethyl adjacent to an activating group) is 1. The molecule has 16 heavy (non-hydrogen) atoms. The predicted octanol–water partition coefficient (Wildman–Crippen LogP) is 0.863. The maximum absolute atomic E-state index is 11.9. The van der Waals surface area contributed by atoms with Gasteiger partial charge in [-0.1, -0.05) is 0 Å². The van der Waals surface area contributed by atoms with Gasteiger partial charge in [0.1, 0.15) is 13.2 Å². The summed E-state index contributed by atoms with van der Waals surface area (Å²) in [4.78, 5) is 0. The second-order valence-electron chi connectivity index (χ2n) is 4.27. The Morgan fingerprint density at radius 1 is 1.12 bits per heavy atom. The average Bonchev–Trinajstić information content (AvgIpc) is 2.13. The van der Waals surface area contributed by atoms with E-state index in [-0.39, 0.29) is 26.4 Å². The molecule has 0 saturated heterocycles. The van der Waals surface area contributed by atoms with Gasteiger partial charge in [0.15, 0.2) is 0 Å². The third-order valence-corrected chi connectivity index (χ3v) is 3.21. The van der Waals surface area contributed by atoms with E-state index in [9.17, 15) is 4.57 Å². The molecule has 7 heteroatoms. The first-order chi connectivity index (χ1) is 7.33. The summed E-state index contributed by atoms with van der Waals surface area (Å²) in [5, 5.41) is 8.59. The monoisotopic (exact) mass is 256 g/mol. The third-order valence-electron chi connectivity index (χ3n) is 1.64. The van der Waals surface area contributed by atoms with Gasteiger partial charge in [0.05, 0.1) is 41.0 Å². The van der Waals surface area contributed by atoms with Crippen LogP contribution in [0.4, 0.5) is 0 Å². The molecule has 0 aliphatic rings. The van der Waals surface area contributed by atoms with Crippen molar-refractivity contribution in [1.29, 1.82) is 0 Å². The number of phosphoric acid groups is 1. The van der Waals surface area contributed by atoms with Gasteiger partial charge in [-0.05, 0) is 6.92 Å². The van der Waals surface area contributed by atoms with E-state index in [1.807, 2.05) is 21.1 Å². The zero-order chi connectivity index (χ0) is 12.7. The summed E-state index contributed by atoms with van der Waals surface area (Å²) in [5.74, 6) is 0. The van der Waals surface area contributed by atoms with Crippen molar-refractivity contribution in [2.24, 2.45) is 0 Å². The lowest BCUT2D eigenvalue weighted by Crippen LogP contribution is -2.37. The van der Waals surface area contributed by atoms with Gasteiger partial charge >= 0.3 is 7.82 Å². The number of nitrogens with zero attached hydrogens (tertiary/aromatic N) is 1. The van der Waals surface area contributed by atoms with Crippen LogP contribution in [0.3, 0.4) is 0 Å². The highest BCUT2D eigenvalue weighted by Crippen LogP contribution is 2.48. The molecule has 0 aromatic heterocycles. The van der Waals surface area contributed by atoms with Gasteiger partial charge in [-0.2, -0.15) is 0 Å². The summed E-state index contributed by atoms with van der Waals surface area (Å²) >= 11 is 0. The van der Waals surface area contributed by atoms with Gasteiger partial charge in [0.25, 0.3) is 0 Å². The fraction of sp³-hybridized carbons (Fsp3) is 1.00. The smallest absolute Gasteiger partial charge is 0.394 e. The number of phosphoric ester groups is 1. The average molecular weight is 256 g/mol. The van der Waals surface area contributed by atoms with Crippen LogP contribution >= 0.6 is 7.82 Å². The van der Waals surface area contributed by atoms with Crippen LogP contribution in [0, 0.1) is 0 Å². The maximum atomic E-state index is 11.9. The highest BCUT2D eigenvalue weighted by molar-refractivity contribution is 7.48. The molecule has 0 amide bonds. The van der Waals surface area contributed by atoms with E-state index in [1.54, 1.807) is 6.92 Å². The minimum Gasteiger partial charge on any atom is -0.394 e. The van der Waals surface area contributed by atoms with Crippen molar-refractivity contribution in [1.82, 2.24) is 0 Å². The first kappa shape index (κ1) is 16.0. The van der Waals surface area contributed by atoms with Crippen molar-refractivity contribution >= 4 is 7.82 Å². The lowest BCUT2D eigenvalue weighted by molar-refractivity contribution is -0.870. The Hall–Kier alpha value is 0.0300. The molecule has 0 heterocycles. The standard InChI is InChI=1S/C9H23NO5P/c1-5-13-16(12,15-9-7-11)14-8-6-10(2,3)4/h11H,5-9H2,1-4H3/q+1. The van der Waals surface area contributed by atoms with E-state index in [0.717, 1.165) is 0 Å². The lowest BCUT2D eigenvalue weighted by Gasteiger charge is -2.24. The molecule has 1 unspecified atom stereocenters. The Bertz CT molecular complexity index is 228. The first-order valence-corrected chi connectivity index (χ1v) is 6.74. The number of hydrogen-bond acceptors (Lipinski definition) is 5. The molecule has 98 valence electrons. The quantitative estimate of drug-likeness (QED) is 0.489. The van der Waals surface area contributed by atoms with E-state index < -0.39 is 7.82 Å². The molecule has 6 nitrogen and oxygen atoms in total. The van der Waals surface area contributed by atoms with E-state index in [2.05, 4.69) is 0 Å². The van der Waals surface area contributed by atoms with Crippen molar-refractivity contribution in [2.45, 2.75) is 6.92 Å². The van der Waals surface area contributed by atoms with Crippen LogP contribution in [0.2, 0.25) is 0 Å². The molecule has 0 aliphatic carbocycles. The van der Waals surface area contributed by atoms with Crippen LogP contribution < -0.4 is 0 Å². The predicted molar refractivity (Wildman–Crippen MR) is 61.1 cm³/mol. The molecule has 0 saturated carbocycles. The minimum atomic E-state index is -3.49.